The molecule has 0 bridgehead atoms. The molecule has 34 heavy (non-hydrogen) atoms. The van der Waals surface area contributed by atoms with Crippen LogP contribution in [0.5, 0.6) is 5.75 Å². The van der Waals surface area contributed by atoms with Crippen LogP contribution in [-0.4, -0.2) is 35.4 Å². The summed E-state index contributed by atoms with van der Waals surface area (Å²) in [4.78, 5) is 28.4. The van der Waals surface area contributed by atoms with E-state index in [1.54, 1.807) is 24.3 Å². The van der Waals surface area contributed by atoms with Gasteiger partial charge in [0, 0.05) is 17.1 Å². The first-order valence-electron chi connectivity index (χ1n) is 10.5. The largest absolute Gasteiger partial charge is 0.528 e. The summed E-state index contributed by atoms with van der Waals surface area (Å²) in [7, 11) is 0. The van der Waals surface area contributed by atoms with Gasteiger partial charge in [-0.05, 0) is 52.9 Å². The second kappa shape index (κ2) is 10.5. The van der Waals surface area contributed by atoms with Crippen LogP contribution in [0.1, 0.15) is 16.7 Å². The van der Waals surface area contributed by atoms with Gasteiger partial charge in [0.05, 0.1) is 6.54 Å². The highest BCUT2D eigenvalue weighted by Gasteiger charge is 2.26. The maximum Gasteiger partial charge on any atom is 0.528 e. The average Bonchev–Trinajstić information content (AvgIpc) is 2.83. The number of ether oxygens (including phenoxy) is 2. The van der Waals surface area contributed by atoms with E-state index < -0.39 is 18.7 Å². The Labute approximate surface area is 200 Å². The number of fused-ring (bicyclic) bond motifs is 1. The van der Waals surface area contributed by atoms with E-state index >= 15 is 0 Å². The molecule has 176 valence electrons. The van der Waals surface area contributed by atoms with Crippen LogP contribution in [0.3, 0.4) is 0 Å². The molecule has 0 spiro atoms. The number of halogens is 2. The third kappa shape index (κ3) is 5.65. The Morgan fingerprint density at radius 2 is 1.82 bits per heavy atom. The van der Waals surface area contributed by atoms with E-state index in [0.717, 1.165) is 5.56 Å². The zero-order valence-corrected chi connectivity index (χ0v) is 18.8. The van der Waals surface area contributed by atoms with Crippen molar-refractivity contribution in [3.63, 3.8) is 0 Å². The van der Waals surface area contributed by atoms with Crippen LogP contribution in [0.2, 0.25) is 5.02 Å². The van der Waals surface area contributed by atoms with E-state index in [2.05, 4.69) is 0 Å². The number of hydrogen-bond donors (Lipinski definition) is 1. The van der Waals surface area contributed by atoms with Crippen molar-refractivity contribution >= 4 is 23.7 Å². The topological polar surface area (TPSA) is 85.3 Å². The molecule has 0 saturated heterocycles. The number of rotatable bonds is 7. The summed E-state index contributed by atoms with van der Waals surface area (Å²) in [6, 6.07) is 16.9. The Balaban J connectivity index is 1.52. The van der Waals surface area contributed by atoms with Gasteiger partial charge < -0.3 is 19.4 Å². The van der Waals surface area contributed by atoms with Crippen molar-refractivity contribution in [2.24, 2.45) is 0 Å². The maximum absolute atomic E-state index is 14.6. The van der Waals surface area contributed by atoms with Gasteiger partial charge in [0.15, 0.2) is 6.61 Å². The van der Waals surface area contributed by atoms with E-state index in [1.807, 2.05) is 30.3 Å². The first-order valence-corrected chi connectivity index (χ1v) is 10.9. The molecule has 1 aliphatic heterocycles. The van der Waals surface area contributed by atoms with E-state index in [-0.39, 0.29) is 19.0 Å². The molecule has 0 radical (unpaired) electrons. The average molecular weight is 486 g/mol. The second-order valence-electron chi connectivity index (χ2n) is 7.61. The lowest BCUT2D eigenvalue weighted by Gasteiger charge is -2.29. The number of benzene rings is 3. The van der Waals surface area contributed by atoms with Gasteiger partial charge in [-0.2, -0.15) is 0 Å². The van der Waals surface area contributed by atoms with Crippen molar-refractivity contribution in [3.05, 3.63) is 88.2 Å². The SMILES string of the molecule is O=C(O)COc1ccc(Cl)c(-c2ccc(F)c3c2CN(OC(=O)OCc2ccccc2)CC3)c1. The van der Waals surface area contributed by atoms with Crippen molar-refractivity contribution in [3.8, 4) is 16.9 Å². The first-order chi connectivity index (χ1) is 16.4. The van der Waals surface area contributed by atoms with Gasteiger partial charge >= 0.3 is 12.1 Å². The van der Waals surface area contributed by atoms with E-state index in [1.165, 1.54) is 11.1 Å². The van der Waals surface area contributed by atoms with Gasteiger partial charge in [-0.15, -0.1) is 5.06 Å². The molecule has 1 aliphatic rings. The Hall–Kier alpha value is -3.62. The van der Waals surface area contributed by atoms with Gasteiger partial charge in [-0.3, -0.25) is 0 Å². The number of nitrogens with zero attached hydrogens (tertiary/aromatic N) is 1. The van der Waals surface area contributed by atoms with Gasteiger partial charge in [0.1, 0.15) is 18.2 Å². The molecule has 0 aromatic heterocycles. The molecule has 0 unspecified atom stereocenters. The molecule has 0 amide bonds. The molecule has 7 nitrogen and oxygen atoms in total. The molecule has 1 N–H and O–H groups in total. The van der Waals surface area contributed by atoms with Gasteiger partial charge in [0.2, 0.25) is 0 Å². The minimum Gasteiger partial charge on any atom is -0.482 e. The molecule has 1 heterocycles. The van der Waals surface area contributed by atoms with Crippen LogP contribution in [0.15, 0.2) is 60.7 Å². The number of aliphatic carboxylic acids is 1. The fourth-order valence-corrected chi connectivity index (χ4v) is 3.95. The third-order valence-electron chi connectivity index (χ3n) is 5.31. The smallest absolute Gasteiger partial charge is 0.482 e. The summed E-state index contributed by atoms with van der Waals surface area (Å²) in [6.45, 7) is -0.0132. The molecule has 0 saturated carbocycles. The molecule has 0 aliphatic carbocycles. The molecular formula is C25H21ClFNO6. The van der Waals surface area contributed by atoms with E-state index in [9.17, 15) is 14.0 Å². The first kappa shape index (κ1) is 23.5. The molecule has 3 aromatic rings. The van der Waals surface area contributed by atoms with Crippen LogP contribution < -0.4 is 4.74 Å². The minimum absolute atomic E-state index is 0.0721. The van der Waals surface area contributed by atoms with Crippen LogP contribution in [0, 0.1) is 5.82 Å². The molecule has 3 aromatic carbocycles. The molecule has 0 atom stereocenters. The number of carbonyl (C=O) groups excluding carboxylic acids is 1. The maximum atomic E-state index is 14.6. The van der Waals surface area contributed by atoms with Gasteiger partial charge in [-0.25, -0.2) is 14.0 Å². The summed E-state index contributed by atoms with van der Waals surface area (Å²) in [5, 5.41) is 10.7. The highest BCUT2D eigenvalue weighted by molar-refractivity contribution is 6.33. The normalized spacial score (nSPS) is 13.1. The molecular weight excluding hydrogens is 465 g/mol. The van der Waals surface area contributed by atoms with Crippen LogP contribution >= 0.6 is 11.6 Å². The Morgan fingerprint density at radius 3 is 2.59 bits per heavy atom. The Kier molecular flexibility index (Phi) is 7.30. The van der Waals surface area contributed by atoms with E-state index in [4.69, 9.17) is 31.0 Å². The summed E-state index contributed by atoms with van der Waals surface area (Å²) in [5.74, 6) is -1.16. The third-order valence-corrected chi connectivity index (χ3v) is 5.64. The number of hydroxylamine groups is 2. The summed E-state index contributed by atoms with van der Waals surface area (Å²) >= 11 is 6.41. The van der Waals surface area contributed by atoms with Gasteiger partial charge in [-0.1, -0.05) is 48.0 Å². The number of carboxylic acids is 1. The molecule has 9 heteroatoms. The standard InChI is InChI=1S/C25H21ClFNO6/c26-22-8-6-17(32-15-24(29)30)12-20(22)18-7-9-23(27)19-10-11-28(13-21(18)19)34-25(31)33-14-16-4-2-1-3-5-16/h1-9,12H,10-11,13-15H2,(H,29,30). The molecule has 4 rings (SSSR count). The summed E-state index contributed by atoms with van der Waals surface area (Å²) < 4.78 is 25.0. The number of hydrogen-bond acceptors (Lipinski definition) is 6. The monoisotopic (exact) mass is 485 g/mol. The number of carbonyl (C=O) groups is 2. The fourth-order valence-electron chi connectivity index (χ4n) is 3.73. The quantitative estimate of drug-likeness (QED) is 0.458. The fraction of sp³-hybridized carbons (Fsp3) is 0.200. The lowest BCUT2D eigenvalue weighted by molar-refractivity contribution is -0.139. The van der Waals surface area contributed by atoms with Crippen molar-refractivity contribution < 1.29 is 33.4 Å². The van der Waals surface area contributed by atoms with Crippen LogP contribution in [0.25, 0.3) is 11.1 Å². The molecule has 0 fully saturated rings. The Morgan fingerprint density at radius 1 is 1.03 bits per heavy atom. The summed E-state index contributed by atoms with van der Waals surface area (Å²) in [5.41, 5.74) is 3.12. The zero-order valence-electron chi connectivity index (χ0n) is 18.0. The predicted octanol–water partition coefficient (Wildman–Crippen LogP) is 5.24. The lowest BCUT2D eigenvalue weighted by atomic mass is 9.91. The lowest BCUT2D eigenvalue weighted by Crippen LogP contribution is -2.34. The van der Waals surface area contributed by atoms with E-state index in [0.29, 0.717) is 46.0 Å². The van der Waals surface area contributed by atoms with Crippen molar-refractivity contribution in [1.29, 1.82) is 0 Å². The predicted molar refractivity (Wildman–Crippen MR) is 122 cm³/mol. The van der Waals surface area contributed by atoms with Crippen molar-refractivity contribution in [2.75, 3.05) is 13.2 Å². The van der Waals surface area contributed by atoms with Gasteiger partial charge in [0.25, 0.3) is 0 Å². The minimum atomic E-state index is -1.11. The highest BCUT2D eigenvalue weighted by Crippen LogP contribution is 2.37. The van der Waals surface area contributed by atoms with Crippen molar-refractivity contribution in [2.45, 2.75) is 19.6 Å². The van der Waals surface area contributed by atoms with Crippen LogP contribution in [-0.2, 0) is 33.9 Å². The summed E-state index contributed by atoms with van der Waals surface area (Å²) in [6.07, 6.45) is -0.541. The second-order valence-corrected chi connectivity index (χ2v) is 8.01. The zero-order chi connectivity index (χ0) is 24.1. The highest BCUT2D eigenvalue weighted by atomic mass is 35.5. The Bertz CT molecular complexity index is 1200. The van der Waals surface area contributed by atoms with Crippen LogP contribution in [0.4, 0.5) is 9.18 Å². The number of carboxylic acid groups (broad SMARTS) is 1. The van der Waals surface area contributed by atoms with Crippen molar-refractivity contribution in [1.82, 2.24) is 5.06 Å².